The standard InChI is InChI=1S/C16H24N2O3/c1-10(2)14(19)9-15(20)17-12-6-5-7-13(8-12)18-16(21)11(3)4/h5-8,10-11,14,19H,9H2,1-4H3,(H,17,20)(H,18,21). The zero-order valence-corrected chi connectivity index (χ0v) is 13.0. The van der Waals surface area contributed by atoms with Crippen molar-refractivity contribution in [2.75, 3.05) is 10.6 Å². The van der Waals surface area contributed by atoms with Crippen LogP contribution in [0.15, 0.2) is 24.3 Å². The Bertz CT molecular complexity index is 498. The van der Waals surface area contributed by atoms with E-state index in [-0.39, 0.29) is 30.1 Å². The summed E-state index contributed by atoms with van der Waals surface area (Å²) in [6, 6.07) is 6.95. The van der Waals surface area contributed by atoms with E-state index in [1.165, 1.54) is 0 Å². The molecule has 5 heteroatoms. The van der Waals surface area contributed by atoms with Crippen molar-refractivity contribution in [1.82, 2.24) is 0 Å². The molecule has 0 fully saturated rings. The van der Waals surface area contributed by atoms with Crippen LogP contribution in [0.2, 0.25) is 0 Å². The van der Waals surface area contributed by atoms with Crippen LogP contribution in [0.3, 0.4) is 0 Å². The van der Waals surface area contributed by atoms with Crippen LogP contribution in [0.1, 0.15) is 34.1 Å². The molecule has 1 rings (SSSR count). The summed E-state index contributed by atoms with van der Waals surface area (Å²) in [4.78, 5) is 23.4. The number of anilines is 2. The third-order valence-electron chi connectivity index (χ3n) is 3.10. The first kappa shape index (κ1) is 17.2. The molecule has 0 saturated heterocycles. The predicted octanol–water partition coefficient (Wildman–Crippen LogP) is 2.63. The average Bonchev–Trinajstić information content (AvgIpc) is 2.38. The number of hydrogen-bond acceptors (Lipinski definition) is 3. The zero-order valence-electron chi connectivity index (χ0n) is 13.0. The highest BCUT2D eigenvalue weighted by atomic mass is 16.3. The van der Waals surface area contributed by atoms with Crippen LogP contribution in [0.5, 0.6) is 0 Å². The van der Waals surface area contributed by atoms with E-state index in [4.69, 9.17) is 0 Å². The first-order chi connectivity index (χ1) is 9.79. The second-order valence-corrected chi connectivity index (χ2v) is 5.79. The first-order valence-corrected chi connectivity index (χ1v) is 7.18. The fraction of sp³-hybridized carbons (Fsp3) is 0.500. The van der Waals surface area contributed by atoms with Crippen LogP contribution < -0.4 is 10.6 Å². The number of carbonyl (C=O) groups is 2. The third-order valence-corrected chi connectivity index (χ3v) is 3.10. The Hall–Kier alpha value is -1.88. The lowest BCUT2D eigenvalue weighted by atomic mass is 10.0. The topological polar surface area (TPSA) is 78.4 Å². The molecule has 0 spiro atoms. The molecule has 1 unspecified atom stereocenters. The number of carbonyl (C=O) groups excluding carboxylic acids is 2. The maximum absolute atomic E-state index is 11.8. The minimum Gasteiger partial charge on any atom is -0.392 e. The van der Waals surface area contributed by atoms with Gasteiger partial charge in [0.25, 0.3) is 0 Å². The Balaban J connectivity index is 2.64. The van der Waals surface area contributed by atoms with Crippen LogP contribution in [0.25, 0.3) is 0 Å². The molecule has 0 heterocycles. The van der Waals surface area contributed by atoms with E-state index in [1.54, 1.807) is 24.3 Å². The van der Waals surface area contributed by atoms with E-state index in [1.807, 2.05) is 27.7 Å². The molecule has 21 heavy (non-hydrogen) atoms. The minimum absolute atomic E-state index is 0.0346. The monoisotopic (exact) mass is 292 g/mol. The van der Waals surface area contributed by atoms with E-state index in [9.17, 15) is 14.7 Å². The van der Waals surface area contributed by atoms with E-state index in [2.05, 4.69) is 10.6 Å². The van der Waals surface area contributed by atoms with Crippen molar-refractivity contribution in [3.8, 4) is 0 Å². The molecular weight excluding hydrogens is 268 g/mol. The van der Waals surface area contributed by atoms with Gasteiger partial charge >= 0.3 is 0 Å². The maximum Gasteiger partial charge on any atom is 0.226 e. The van der Waals surface area contributed by atoms with Crippen molar-refractivity contribution in [3.05, 3.63) is 24.3 Å². The number of hydrogen-bond donors (Lipinski definition) is 3. The molecule has 116 valence electrons. The average molecular weight is 292 g/mol. The number of aliphatic hydroxyl groups is 1. The van der Waals surface area contributed by atoms with E-state index < -0.39 is 6.10 Å². The molecule has 0 aliphatic heterocycles. The SMILES string of the molecule is CC(C)C(=O)Nc1cccc(NC(=O)CC(O)C(C)C)c1. The minimum atomic E-state index is -0.658. The number of benzene rings is 1. The van der Waals surface area contributed by atoms with Gasteiger partial charge in [-0.25, -0.2) is 0 Å². The molecule has 2 amide bonds. The van der Waals surface area contributed by atoms with Gasteiger partial charge in [-0.1, -0.05) is 33.8 Å². The van der Waals surface area contributed by atoms with Gasteiger partial charge in [-0.3, -0.25) is 9.59 Å². The normalized spacial score (nSPS) is 12.3. The Labute approximate surface area is 125 Å². The quantitative estimate of drug-likeness (QED) is 0.754. The van der Waals surface area contributed by atoms with Crippen molar-refractivity contribution in [2.45, 2.75) is 40.2 Å². The summed E-state index contributed by atoms with van der Waals surface area (Å²) in [5, 5.41) is 15.2. The van der Waals surface area contributed by atoms with E-state index >= 15 is 0 Å². The zero-order chi connectivity index (χ0) is 16.0. The molecule has 0 aliphatic rings. The van der Waals surface area contributed by atoms with Crippen LogP contribution in [-0.2, 0) is 9.59 Å². The molecule has 1 atom stereocenters. The van der Waals surface area contributed by atoms with Gasteiger partial charge in [0.05, 0.1) is 12.5 Å². The second kappa shape index (κ2) is 7.78. The summed E-state index contributed by atoms with van der Waals surface area (Å²) in [6.45, 7) is 7.35. The van der Waals surface area contributed by atoms with Gasteiger partial charge in [-0.15, -0.1) is 0 Å². The molecule has 1 aromatic rings. The summed E-state index contributed by atoms with van der Waals surface area (Å²) in [5.41, 5.74) is 1.23. The molecule has 5 nitrogen and oxygen atoms in total. The van der Waals surface area contributed by atoms with Gasteiger partial charge in [-0.05, 0) is 24.1 Å². The Morgan fingerprint density at radius 2 is 1.67 bits per heavy atom. The van der Waals surface area contributed by atoms with Gasteiger partial charge in [0.1, 0.15) is 0 Å². The van der Waals surface area contributed by atoms with Crippen molar-refractivity contribution in [1.29, 1.82) is 0 Å². The van der Waals surface area contributed by atoms with Crippen LogP contribution in [0.4, 0.5) is 11.4 Å². The Morgan fingerprint density at radius 3 is 2.19 bits per heavy atom. The smallest absolute Gasteiger partial charge is 0.226 e. The summed E-state index contributed by atoms with van der Waals surface area (Å²) in [6.07, 6.45) is -0.603. The molecule has 0 saturated carbocycles. The van der Waals surface area contributed by atoms with Gasteiger partial charge in [0.15, 0.2) is 0 Å². The summed E-state index contributed by atoms with van der Waals surface area (Å²) in [5.74, 6) is -0.394. The van der Waals surface area contributed by atoms with Crippen molar-refractivity contribution in [2.24, 2.45) is 11.8 Å². The van der Waals surface area contributed by atoms with Crippen LogP contribution in [-0.4, -0.2) is 23.0 Å². The summed E-state index contributed by atoms with van der Waals surface area (Å²) in [7, 11) is 0. The summed E-state index contributed by atoms with van der Waals surface area (Å²) >= 11 is 0. The van der Waals surface area contributed by atoms with Crippen molar-refractivity contribution in [3.63, 3.8) is 0 Å². The molecule has 3 N–H and O–H groups in total. The number of aliphatic hydroxyl groups excluding tert-OH is 1. The molecule has 0 bridgehead atoms. The highest BCUT2D eigenvalue weighted by Crippen LogP contribution is 2.17. The first-order valence-electron chi connectivity index (χ1n) is 7.18. The molecule has 0 aliphatic carbocycles. The van der Waals surface area contributed by atoms with Crippen molar-refractivity contribution >= 4 is 23.2 Å². The number of nitrogens with one attached hydrogen (secondary N) is 2. The highest BCUT2D eigenvalue weighted by Gasteiger charge is 2.14. The van der Waals surface area contributed by atoms with Crippen molar-refractivity contribution < 1.29 is 14.7 Å². The molecule has 1 aromatic carbocycles. The molecule has 0 radical (unpaired) electrons. The lowest BCUT2D eigenvalue weighted by Gasteiger charge is -2.14. The van der Waals surface area contributed by atoms with Crippen LogP contribution in [0, 0.1) is 11.8 Å². The number of amides is 2. The third kappa shape index (κ3) is 5.95. The van der Waals surface area contributed by atoms with Gasteiger partial charge < -0.3 is 15.7 Å². The lowest BCUT2D eigenvalue weighted by Crippen LogP contribution is -2.23. The fourth-order valence-electron chi connectivity index (χ4n) is 1.60. The predicted molar refractivity (Wildman–Crippen MR) is 84.0 cm³/mol. The Kier molecular flexibility index (Phi) is 6.37. The number of rotatable bonds is 6. The molecule has 0 aromatic heterocycles. The highest BCUT2D eigenvalue weighted by molar-refractivity contribution is 5.94. The fourth-order valence-corrected chi connectivity index (χ4v) is 1.60. The van der Waals surface area contributed by atoms with Gasteiger partial charge in [-0.2, -0.15) is 0 Å². The maximum atomic E-state index is 11.8. The van der Waals surface area contributed by atoms with Crippen LogP contribution >= 0.6 is 0 Å². The van der Waals surface area contributed by atoms with E-state index in [0.29, 0.717) is 11.4 Å². The molecular formula is C16H24N2O3. The van der Waals surface area contributed by atoms with E-state index in [0.717, 1.165) is 0 Å². The lowest BCUT2D eigenvalue weighted by molar-refractivity contribution is -0.119. The Morgan fingerprint density at radius 1 is 1.10 bits per heavy atom. The van der Waals surface area contributed by atoms with Gasteiger partial charge in [0.2, 0.25) is 11.8 Å². The summed E-state index contributed by atoms with van der Waals surface area (Å²) < 4.78 is 0. The van der Waals surface area contributed by atoms with Gasteiger partial charge in [0, 0.05) is 17.3 Å². The largest absolute Gasteiger partial charge is 0.392 e. The second-order valence-electron chi connectivity index (χ2n) is 5.79.